The topological polar surface area (TPSA) is 101 Å². The number of hydrogen-bond donors (Lipinski definition) is 2. The molecule has 2 N–H and O–H groups in total. The lowest BCUT2D eigenvalue weighted by atomic mass is 10.2. The minimum Gasteiger partial charge on any atom is -0.415 e. The Morgan fingerprint density at radius 1 is 1.07 bits per heavy atom. The number of halogens is 2. The number of rotatable bonds is 5. The third kappa shape index (κ3) is 4.01. The second kappa shape index (κ2) is 7.34. The summed E-state index contributed by atoms with van der Waals surface area (Å²) in [6.45, 7) is 1.82. The van der Waals surface area contributed by atoms with Crippen LogP contribution in [0.1, 0.15) is 5.56 Å². The number of nitrogens with zero attached hydrogens (tertiary/aromatic N) is 2. The van der Waals surface area contributed by atoms with E-state index in [4.69, 9.17) is 16.0 Å². The van der Waals surface area contributed by atoms with Gasteiger partial charge in [-0.15, -0.1) is 10.2 Å². The summed E-state index contributed by atoms with van der Waals surface area (Å²) in [7, 11) is -3.85. The maximum atomic E-state index is 13.0. The van der Waals surface area contributed by atoms with Crippen LogP contribution in [-0.4, -0.2) is 23.6 Å². The first kappa shape index (κ1) is 19.2. The summed E-state index contributed by atoms with van der Waals surface area (Å²) in [5.74, 6) is -0.0920. The Balaban J connectivity index is 1.57. The highest BCUT2D eigenvalue weighted by molar-refractivity contribution is 7.92. The van der Waals surface area contributed by atoms with Gasteiger partial charge in [-0.2, -0.15) is 0 Å². The van der Waals surface area contributed by atoms with Gasteiger partial charge in [0.25, 0.3) is 15.9 Å². The molecule has 0 bridgehead atoms. The number of H-pyrrole nitrogens is 1. The van der Waals surface area contributed by atoms with Crippen molar-refractivity contribution >= 4 is 27.3 Å². The number of hydrogen-bond acceptors (Lipinski definition) is 5. The van der Waals surface area contributed by atoms with E-state index in [0.717, 1.165) is 5.56 Å². The van der Waals surface area contributed by atoms with E-state index < -0.39 is 10.0 Å². The van der Waals surface area contributed by atoms with E-state index in [0.29, 0.717) is 22.0 Å². The molecule has 2 heterocycles. The number of sulfonamides is 1. The number of nitrogens with one attached hydrogen (secondary N) is 2. The molecule has 7 nitrogen and oxygen atoms in total. The summed E-state index contributed by atoms with van der Waals surface area (Å²) in [6, 6.07) is 11.8. The molecule has 0 aliphatic heterocycles. The fourth-order valence-electron chi connectivity index (χ4n) is 2.56. The Bertz CT molecular complexity index is 1280. The van der Waals surface area contributed by atoms with Crippen molar-refractivity contribution in [1.29, 1.82) is 0 Å². The first-order chi connectivity index (χ1) is 13.8. The van der Waals surface area contributed by atoms with E-state index in [9.17, 15) is 12.8 Å². The number of aromatic amines is 1. The molecule has 29 heavy (non-hydrogen) atoms. The van der Waals surface area contributed by atoms with Gasteiger partial charge in [-0.3, -0.25) is 4.72 Å². The summed E-state index contributed by atoms with van der Waals surface area (Å²) >= 11 is 6.04. The van der Waals surface area contributed by atoms with Crippen molar-refractivity contribution in [2.24, 2.45) is 0 Å². The molecule has 0 amide bonds. The van der Waals surface area contributed by atoms with Crippen LogP contribution in [0.3, 0.4) is 0 Å². The molecule has 0 aliphatic rings. The molecule has 0 fully saturated rings. The standard InChI is InChI=1S/C19H14ClFN4O3S/c1-11-2-7-14(8-16(11)20)25-29(26,27)15-9-17(22-10-15)19-24-23-18(28-19)12-3-5-13(21)6-4-12/h2-10,22,25H,1H3. The van der Waals surface area contributed by atoms with Crippen LogP contribution in [0.2, 0.25) is 5.02 Å². The minimum absolute atomic E-state index is 0.00858. The third-order valence-electron chi connectivity index (χ3n) is 4.14. The van der Waals surface area contributed by atoms with E-state index in [-0.39, 0.29) is 22.5 Å². The predicted molar refractivity (Wildman–Crippen MR) is 106 cm³/mol. The van der Waals surface area contributed by atoms with Crippen LogP contribution in [0.4, 0.5) is 10.1 Å². The van der Waals surface area contributed by atoms with Crippen LogP contribution >= 0.6 is 11.6 Å². The highest BCUT2D eigenvalue weighted by atomic mass is 35.5. The molecule has 0 radical (unpaired) electrons. The highest BCUT2D eigenvalue weighted by Crippen LogP contribution is 2.27. The lowest BCUT2D eigenvalue weighted by Crippen LogP contribution is -2.12. The number of benzene rings is 2. The van der Waals surface area contributed by atoms with Gasteiger partial charge in [0, 0.05) is 16.8 Å². The van der Waals surface area contributed by atoms with Gasteiger partial charge in [-0.1, -0.05) is 17.7 Å². The molecule has 4 aromatic rings. The molecule has 10 heteroatoms. The Kier molecular flexibility index (Phi) is 4.85. The molecular weight excluding hydrogens is 419 g/mol. The van der Waals surface area contributed by atoms with Crippen LogP contribution in [0.5, 0.6) is 0 Å². The summed E-state index contributed by atoms with van der Waals surface area (Å²) in [5.41, 5.74) is 2.06. The van der Waals surface area contributed by atoms with Crippen molar-refractivity contribution in [1.82, 2.24) is 15.2 Å². The van der Waals surface area contributed by atoms with Crippen LogP contribution in [-0.2, 0) is 10.0 Å². The van der Waals surface area contributed by atoms with Crippen LogP contribution in [0.25, 0.3) is 23.0 Å². The molecule has 2 aromatic carbocycles. The van der Waals surface area contributed by atoms with Gasteiger partial charge in [0.05, 0.1) is 5.69 Å². The lowest BCUT2D eigenvalue weighted by Gasteiger charge is -2.07. The van der Waals surface area contributed by atoms with E-state index in [2.05, 4.69) is 19.9 Å². The monoisotopic (exact) mass is 432 g/mol. The Morgan fingerprint density at radius 3 is 2.52 bits per heavy atom. The SMILES string of the molecule is Cc1ccc(NS(=O)(=O)c2c[nH]c(-c3nnc(-c4ccc(F)cc4)o3)c2)cc1Cl. The van der Waals surface area contributed by atoms with E-state index in [1.165, 1.54) is 42.6 Å². The van der Waals surface area contributed by atoms with Gasteiger partial charge in [0.15, 0.2) is 0 Å². The minimum atomic E-state index is -3.85. The quantitative estimate of drug-likeness (QED) is 0.478. The van der Waals surface area contributed by atoms with Crippen LogP contribution in [0, 0.1) is 12.7 Å². The lowest BCUT2D eigenvalue weighted by molar-refractivity contribution is 0.582. The Hall–Kier alpha value is -3.17. The van der Waals surface area contributed by atoms with E-state index >= 15 is 0 Å². The zero-order valence-corrected chi connectivity index (χ0v) is 16.6. The molecule has 0 saturated carbocycles. The summed E-state index contributed by atoms with van der Waals surface area (Å²) < 4.78 is 46.3. The molecule has 2 aromatic heterocycles. The van der Waals surface area contributed by atoms with Crippen molar-refractivity contribution in [2.45, 2.75) is 11.8 Å². The molecular formula is C19H14ClFN4O3S. The second-order valence-corrected chi connectivity index (χ2v) is 8.33. The van der Waals surface area contributed by atoms with Gasteiger partial charge >= 0.3 is 0 Å². The normalized spacial score (nSPS) is 11.6. The Morgan fingerprint density at radius 2 is 1.79 bits per heavy atom. The average Bonchev–Trinajstić information content (AvgIpc) is 3.35. The Labute approximate surface area is 170 Å². The predicted octanol–water partition coefficient (Wildman–Crippen LogP) is 4.63. The van der Waals surface area contributed by atoms with E-state index in [1.807, 2.05) is 6.92 Å². The molecule has 0 spiro atoms. The molecule has 148 valence electrons. The third-order valence-corrected chi connectivity index (χ3v) is 5.91. The fraction of sp³-hybridized carbons (Fsp3) is 0.0526. The van der Waals surface area contributed by atoms with Gasteiger partial charge in [0.1, 0.15) is 16.4 Å². The van der Waals surface area contributed by atoms with E-state index in [1.54, 1.807) is 12.1 Å². The molecule has 0 unspecified atom stereocenters. The van der Waals surface area contributed by atoms with Crippen molar-refractivity contribution in [2.75, 3.05) is 4.72 Å². The van der Waals surface area contributed by atoms with Crippen LogP contribution < -0.4 is 4.72 Å². The molecule has 0 atom stereocenters. The molecule has 4 rings (SSSR count). The first-order valence-electron chi connectivity index (χ1n) is 8.39. The van der Waals surface area contributed by atoms with Gasteiger partial charge in [0.2, 0.25) is 5.89 Å². The van der Waals surface area contributed by atoms with Crippen LogP contribution in [0.15, 0.2) is 64.0 Å². The van der Waals surface area contributed by atoms with Gasteiger partial charge in [-0.05, 0) is 55.0 Å². The van der Waals surface area contributed by atoms with Gasteiger partial charge in [-0.25, -0.2) is 12.8 Å². The number of aryl methyl sites for hydroxylation is 1. The van der Waals surface area contributed by atoms with Crippen molar-refractivity contribution in [3.05, 3.63) is 71.1 Å². The first-order valence-corrected chi connectivity index (χ1v) is 10.3. The maximum absolute atomic E-state index is 13.0. The number of anilines is 1. The zero-order valence-electron chi connectivity index (χ0n) is 15.0. The maximum Gasteiger partial charge on any atom is 0.264 e. The molecule has 0 saturated heterocycles. The average molecular weight is 433 g/mol. The summed E-state index contributed by atoms with van der Waals surface area (Å²) in [6.07, 6.45) is 1.31. The molecule has 0 aliphatic carbocycles. The highest BCUT2D eigenvalue weighted by Gasteiger charge is 2.19. The summed E-state index contributed by atoms with van der Waals surface area (Å²) in [5, 5.41) is 8.28. The summed E-state index contributed by atoms with van der Waals surface area (Å²) in [4.78, 5) is 2.80. The number of aromatic nitrogens is 3. The largest absolute Gasteiger partial charge is 0.415 e. The second-order valence-electron chi connectivity index (χ2n) is 6.24. The zero-order chi connectivity index (χ0) is 20.6. The van der Waals surface area contributed by atoms with Gasteiger partial charge < -0.3 is 9.40 Å². The smallest absolute Gasteiger partial charge is 0.264 e. The van der Waals surface area contributed by atoms with Crippen molar-refractivity contribution < 1.29 is 17.2 Å². The van der Waals surface area contributed by atoms with Crippen molar-refractivity contribution in [3.8, 4) is 23.0 Å². The van der Waals surface area contributed by atoms with Crippen molar-refractivity contribution in [3.63, 3.8) is 0 Å². The fourth-order valence-corrected chi connectivity index (χ4v) is 3.79.